The average molecular weight is 735 g/mol. The molecule has 4 heteroatoms. The molecular weight excluding hydrogens is 641 g/mol. The third kappa shape index (κ3) is 43.5. The van der Waals surface area contributed by atoms with Crippen molar-refractivity contribution in [2.75, 3.05) is 19.8 Å². The molecule has 0 saturated heterocycles. The minimum atomic E-state index is -0.529. The first-order valence-corrected chi connectivity index (χ1v) is 23.8. The van der Waals surface area contributed by atoms with Gasteiger partial charge in [-0.2, -0.15) is 0 Å². The van der Waals surface area contributed by atoms with E-state index in [1.54, 1.807) is 0 Å². The fraction of sp³-hybridized carbons (Fsp3) is 0.938. The second-order valence-corrected chi connectivity index (χ2v) is 16.2. The summed E-state index contributed by atoms with van der Waals surface area (Å²) < 4.78 is 11.2. The van der Waals surface area contributed by atoms with Gasteiger partial charge >= 0.3 is 5.97 Å². The Balaban J connectivity index is 3.36. The van der Waals surface area contributed by atoms with Gasteiger partial charge in [-0.15, -0.1) is 0 Å². The molecule has 0 aliphatic heterocycles. The van der Waals surface area contributed by atoms with E-state index in [0.29, 0.717) is 19.6 Å². The lowest BCUT2D eigenvalue weighted by Crippen LogP contribution is -2.27. The van der Waals surface area contributed by atoms with Crippen LogP contribution in [-0.2, 0) is 14.3 Å². The van der Waals surface area contributed by atoms with Gasteiger partial charge in [-0.1, -0.05) is 231 Å². The third-order valence-electron chi connectivity index (χ3n) is 10.8. The van der Waals surface area contributed by atoms with Crippen molar-refractivity contribution in [3.05, 3.63) is 12.2 Å². The van der Waals surface area contributed by atoms with Gasteiger partial charge in [-0.05, 0) is 38.5 Å². The first kappa shape index (κ1) is 51.1. The van der Waals surface area contributed by atoms with Gasteiger partial charge in [0.25, 0.3) is 0 Å². The van der Waals surface area contributed by atoms with Gasteiger partial charge in [-0.25, -0.2) is 0 Å². The summed E-state index contributed by atoms with van der Waals surface area (Å²) in [5.74, 6) is -0.194. The Bertz CT molecular complexity index is 692. The van der Waals surface area contributed by atoms with E-state index in [2.05, 4.69) is 26.0 Å². The van der Waals surface area contributed by atoms with Gasteiger partial charge in [0.05, 0.1) is 13.2 Å². The Morgan fingerprint density at radius 2 is 0.750 bits per heavy atom. The van der Waals surface area contributed by atoms with E-state index in [9.17, 15) is 9.90 Å². The molecule has 0 spiro atoms. The summed E-state index contributed by atoms with van der Waals surface area (Å²) >= 11 is 0. The fourth-order valence-electron chi connectivity index (χ4n) is 7.27. The molecule has 1 atom stereocenters. The van der Waals surface area contributed by atoms with Crippen LogP contribution in [0.25, 0.3) is 0 Å². The van der Waals surface area contributed by atoms with Crippen LogP contribution in [0.15, 0.2) is 12.2 Å². The predicted molar refractivity (Wildman–Crippen MR) is 228 cm³/mol. The van der Waals surface area contributed by atoms with Crippen LogP contribution in [0, 0.1) is 0 Å². The standard InChI is InChI=1S/C48H94O4/c1-3-5-7-9-11-13-15-17-19-21-23-25-27-29-31-33-35-37-39-41-43-48(50)52-47(45-49)46-51-44-42-40-38-36-34-32-30-28-26-24-22-20-18-16-14-12-10-8-6-4-2/h18,20,47,49H,3-17,19,21-46H2,1-2H3/b20-18-. The number of carbonyl (C=O) groups is 1. The van der Waals surface area contributed by atoms with Crippen molar-refractivity contribution in [3.63, 3.8) is 0 Å². The first-order chi connectivity index (χ1) is 25.7. The van der Waals surface area contributed by atoms with Gasteiger partial charge in [0, 0.05) is 13.0 Å². The predicted octanol–water partition coefficient (Wildman–Crippen LogP) is 15.7. The average Bonchev–Trinajstić information content (AvgIpc) is 3.15. The summed E-state index contributed by atoms with van der Waals surface area (Å²) in [4.78, 5) is 12.2. The summed E-state index contributed by atoms with van der Waals surface area (Å²) in [5, 5.41) is 9.63. The van der Waals surface area contributed by atoms with Crippen LogP contribution in [0.2, 0.25) is 0 Å². The normalized spacial score (nSPS) is 12.3. The first-order valence-electron chi connectivity index (χ1n) is 23.8. The maximum Gasteiger partial charge on any atom is 0.306 e. The monoisotopic (exact) mass is 735 g/mol. The van der Waals surface area contributed by atoms with Crippen LogP contribution in [0.4, 0.5) is 0 Å². The number of hydrogen-bond acceptors (Lipinski definition) is 4. The van der Waals surface area contributed by atoms with E-state index < -0.39 is 6.10 Å². The number of hydrogen-bond donors (Lipinski definition) is 1. The quantitative estimate of drug-likeness (QED) is 0.0384. The van der Waals surface area contributed by atoms with Crippen molar-refractivity contribution in [3.8, 4) is 0 Å². The molecule has 4 nitrogen and oxygen atoms in total. The molecule has 0 heterocycles. The van der Waals surface area contributed by atoms with Gasteiger partial charge in [0.1, 0.15) is 6.10 Å². The minimum absolute atomic E-state index is 0.166. The van der Waals surface area contributed by atoms with Gasteiger partial charge in [0.2, 0.25) is 0 Å². The maximum atomic E-state index is 12.2. The summed E-state index contributed by atoms with van der Waals surface area (Å²) in [6.07, 6.45) is 55.7. The lowest BCUT2D eigenvalue weighted by atomic mass is 10.0. The van der Waals surface area contributed by atoms with Crippen molar-refractivity contribution < 1.29 is 19.4 Å². The summed E-state index contributed by atoms with van der Waals surface area (Å²) in [6, 6.07) is 0. The van der Waals surface area contributed by atoms with Crippen LogP contribution in [0.3, 0.4) is 0 Å². The molecule has 0 fully saturated rings. The third-order valence-corrected chi connectivity index (χ3v) is 10.8. The number of rotatable bonds is 45. The van der Waals surface area contributed by atoms with Crippen LogP contribution < -0.4 is 0 Å². The molecular formula is C48H94O4. The molecule has 0 aromatic rings. The van der Waals surface area contributed by atoms with Gasteiger partial charge < -0.3 is 14.6 Å². The Hall–Kier alpha value is -0.870. The van der Waals surface area contributed by atoms with E-state index >= 15 is 0 Å². The molecule has 1 unspecified atom stereocenters. The number of ether oxygens (including phenoxy) is 2. The SMILES string of the molecule is CCCCCCCC/C=C\CCCCCCCCCCCCOCC(CO)OC(=O)CCCCCCCCCCCCCCCCCCCCCC. The Labute approximate surface area is 326 Å². The molecule has 0 aromatic heterocycles. The largest absolute Gasteiger partial charge is 0.457 e. The van der Waals surface area contributed by atoms with Crippen molar-refractivity contribution in [1.29, 1.82) is 0 Å². The van der Waals surface area contributed by atoms with Crippen LogP contribution in [-0.4, -0.2) is 37.0 Å². The number of allylic oxidation sites excluding steroid dienone is 2. The molecule has 1 N–H and O–H groups in total. The summed E-state index contributed by atoms with van der Waals surface area (Å²) in [7, 11) is 0. The Kier molecular flexibility index (Phi) is 45.5. The lowest BCUT2D eigenvalue weighted by Gasteiger charge is -2.16. The number of carbonyl (C=O) groups excluding carboxylic acids is 1. The topological polar surface area (TPSA) is 55.8 Å². The number of aliphatic hydroxyl groups excluding tert-OH is 1. The fourth-order valence-corrected chi connectivity index (χ4v) is 7.27. The van der Waals surface area contributed by atoms with Gasteiger partial charge in [0.15, 0.2) is 0 Å². The molecule has 0 bridgehead atoms. The molecule has 0 aromatic carbocycles. The molecule has 52 heavy (non-hydrogen) atoms. The molecule has 0 aliphatic carbocycles. The minimum Gasteiger partial charge on any atom is -0.457 e. The molecule has 0 radical (unpaired) electrons. The van der Waals surface area contributed by atoms with Crippen LogP contribution in [0.1, 0.15) is 264 Å². The molecule has 0 amide bonds. The van der Waals surface area contributed by atoms with Crippen molar-refractivity contribution in [2.45, 2.75) is 270 Å². The molecule has 0 saturated carbocycles. The van der Waals surface area contributed by atoms with Crippen molar-refractivity contribution in [2.24, 2.45) is 0 Å². The Morgan fingerprint density at radius 3 is 1.10 bits per heavy atom. The second-order valence-electron chi connectivity index (χ2n) is 16.2. The molecule has 0 rings (SSSR count). The van der Waals surface area contributed by atoms with Crippen LogP contribution in [0.5, 0.6) is 0 Å². The second kappa shape index (κ2) is 46.3. The molecule has 0 aliphatic rings. The van der Waals surface area contributed by atoms with E-state index in [0.717, 1.165) is 19.3 Å². The lowest BCUT2D eigenvalue weighted by molar-refractivity contribution is -0.154. The highest BCUT2D eigenvalue weighted by molar-refractivity contribution is 5.69. The summed E-state index contributed by atoms with van der Waals surface area (Å²) in [5.41, 5.74) is 0. The smallest absolute Gasteiger partial charge is 0.306 e. The highest BCUT2D eigenvalue weighted by atomic mass is 16.6. The van der Waals surface area contributed by atoms with E-state index in [4.69, 9.17) is 9.47 Å². The molecule has 310 valence electrons. The maximum absolute atomic E-state index is 12.2. The zero-order valence-corrected chi connectivity index (χ0v) is 35.6. The summed E-state index contributed by atoms with van der Waals surface area (Å²) in [6.45, 7) is 5.39. The number of unbranched alkanes of at least 4 members (excludes halogenated alkanes) is 35. The Morgan fingerprint density at radius 1 is 0.442 bits per heavy atom. The highest BCUT2D eigenvalue weighted by Crippen LogP contribution is 2.16. The van der Waals surface area contributed by atoms with Crippen molar-refractivity contribution >= 4 is 5.97 Å². The van der Waals surface area contributed by atoms with E-state index in [-0.39, 0.29) is 12.6 Å². The number of esters is 1. The zero-order valence-electron chi connectivity index (χ0n) is 35.6. The number of aliphatic hydroxyl groups is 1. The van der Waals surface area contributed by atoms with Crippen LogP contribution >= 0.6 is 0 Å². The zero-order chi connectivity index (χ0) is 37.7. The van der Waals surface area contributed by atoms with Gasteiger partial charge in [-0.3, -0.25) is 4.79 Å². The highest BCUT2D eigenvalue weighted by Gasteiger charge is 2.13. The van der Waals surface area contributed by atoms with E-state index in [1.807, 2.05) is 0 Å². The van der Waals surface area contributed by atoms with E-state index in [1.165, 1.54) is 225 Å². The van der Waals surface area contributed by atoms with Crippen molar-refractivity contribution in [1.82, 2.24) is 0 Å².